The van der Waals surface area contributed by atoms with Crippen LogP contribution < -0.4 is 41.0 Å². The molecule has 544 valence electrons. The maximum Gasteiger partial charge on any atom is 0.446 e. The third-order valence-corrected chi connectivity index (χ3v) is 21.0. The number of β-amino-alcohol motifs (C(OH)–C–C–N with tert-alkyl or cyclic N) is 1. The summed E-state index contributed by atoms with van der Waals surface area (Å²) in [5.41, 5.74) is 1.73. The van der Waals surface area contributed by atoms with Crippen LogP contribution in [-0.2, 0) is 50.3 Å². The first kappa shape index (κ1) is 75.5. The Morgan fingerprint density at radius 1 is 0.776 bits per heavy atom. The van der Waals surface area contributed by atoms with Gasteiger partial charge in [-0.15, -0.1) is 0 Å². The number of nitrogens with zero attached hydrogens (tertiary/aromatic N) is 5. The van der Waals surface area contributed by atoms with Gasteiger partial charge in [0, 0.05) is 75.8 Å². The summed E-state index contributed by atoms with van der Waals surface area (Å²) < 4.78 is 49.2. The number of hydrogen-bond acceptors (Lipinski definition) is 25. The average Bonchev–Trinajstić information content (AvgIpc) is 1.01. The van der Waals surface area contributed by atoms with E-state index in [9.17, 15) is 87.7 Å². The molecule has 6 amide bonds. The predicted molar refractivity (Wildman–Crippen MR) is 348 cm³/mol. The number of methoxy groups -OCH3 is 1. The molecule has 2 aliphatic carbocycles. The molecule has 6 fully saturated rings. The Hall–Kier alpha value is -6.73. The van der Waals surface area contributed by atoms with E-state index in [2.05, 4.69) is 58.3 Å². The fraction of sp³-hybridized carbons (Fsp3) is 0.692. The lowest BCUT2D eigenvalue weighted by molar-refractivity contribution is -0.147. The predicted octanol–water partition coefficient (Wildman–Crippen LogP) is -2.40. The zero-order chi connectivity index (χ0) is 70.8. The van der Waals surface area contributed by atoms with Gasteiger partial charge in [0.2, 0.25) is 35.4 Å². The third kappa shape index (κ3) is 18.6. The van der Waals surface area contributed by atoms with Gasteiger partial charge in [0.05, 0.1) is 67.5 Å². The first-order valence-corrected chi connectivity index (χ1v) is 35.4. The minimum absolute atomic E-state index is 0.0432. The van der Waals surface area contributed by atoms with Crippen molar-refractivity contribution in [3.05, 3.63) is 53.9 Å². The van der Waals surface area contributed by atoms with Crippen LogP contribution in [0.3, 0.4) is 0 Å². The molecule has 16 N–H and O–H groups in total. The van der Waals surface area contributed by atoms with Crippen molar-refractivity contribution in [2.75, 3.05) is 71.0 Å². The van der Waals surface area contributed by atoms with Crippen LogP contribution in [0.25, 0.3) is 11.5 Å². The molecule has 13 atom stereocenters. The number of aliphatic hydroxyl groups is 8. The van der Waals surface area contributed by atoms with Crippen LogP contribution in [0.15, 0.2) is 47.0 Å². The Morgan fingerprint density at radius 2 is 1.44 bits per heavy atom. The van der Waals surface area contributed by atoms with Crippen molar-refractivity contribution in [1.29, 1.82) is 0 Å². The highest BCUT2D eigenvalue weighted by molar-refractivity contribution is 7.81. The van der Waals surface area contributed by atoms with Crippen molar-refractivity contribution in [2.45, 2.75) is 201 Å². The van der Waals surface area contributed by atoms with Crippen LogP contribution in [0.1, 0.15) is 121 Å². The van der Waals surface area contributed by atoms with Gasteiger partial charge in [0.1, 0.15) is 30.2 Å². The second kappa shape index (κ2) is 33.6. The molecule has 5 heterocycles. The van der Waals surface area contributed by atoms with Crippen LogP contribution in [-0.4, -0.2) is 265 Å². The third-order valence-electron chi connectivity index (χ3n) is 20.6. The number of aromatic hydroxyl groups is 1. The fourth-order valence-corrected chi connectivity index (χ4v) is 15.2. The number of aliphatic hydroxyl groups excluding tert-OH is 8. The van der Waals surface area contributed by atoms with Crippen molar-refractivity contribution < 1.29 is 101 Å². The Kier molecular flexibility index (Phi) is 25.9. The van der Waals surface area contributed by atoms with Gasteiger partial charge < -0.3 is 106 Å². The number of amides is 6. The molecule has 0 spiro atoms. The lowest BCUT2D eigenvalue weighted by atomic mass is 9.72. The van der Waals surface area contributed by atoms with Gasteiger partial charge in [-0.2, -0.15) is 13.4 Å². The Morgan fingerprint density at radius 3 is 2.09 bits per heavy atom. The number of hydrogen-bond donors (Lipinski definition) is 16. The highest BCUT2D eigenvalue weighted by Gasteiger charge is 2.50. The fourth-order valence-electron chi connectivity index (χ4n) is 14.8. The summed E-state index contributed by atoms with van der Waals surface area (Å²) in [4.78, 5) is 97.2. The number of nitrogens with one attached hydrogen (secondary N) is 6. The molecule has 2 saturated carbocycles. The number of phenols is 1. The van der Waals surface area contributed by atoms with Crippen LogP contribution in [0.5, 0.6) is 11.5 Å². The summed E-state index contributed by atoms with van der Waals surface area (Å²) in [6, 6.07) is -0.727. The second-order valence-electron chi connectivity index (χ2n) is 27.4. The molecule has 4 saturated heterocycles. The molecule has 4 aliphatic heterocycles. The lowest BCUT2D eigenvalue weighted by Gasteiger charge is -2.47. The molecular formula is C65H97N11O21S. The monoisotopic (exact) mass is 1400 g/mol. The molecule has 0 unspecified atom stereocenters. The van der Waals surface area contributed by atoms with Crippen LogP contribution >= 0.6 is 0 Å². The van der Waals surface area contributed by atoms with E-state index < -0.39 is 194 Å². The summed E-state index contributed by atoms with van der Waals surface area (Å²) >= 11 is 0. The summed E-state index contributed by atoms with van der Waals surface area (Å²) in [5.74, 6) is -7.74. The van der Waals surface area contributed by atoms with Gasteiger partial charge in [-0.1, -0.05) is 37.4 Å². The molecular weight excluding hydrogens is 1300 g/mol. The van der Waals surface area contributed by atoms with Gasteiger partial charge in [-0.3, -0.25) is 33.3 Å². The molecule has 6 aliphatic rings. The number of benzene rings is 2. The topological polar surface area (TPSA) is 478 Å². The number of piperidine rings is 1. The van der Waals surface area contributed by atoms with Crippen molar-refractivity contribution >= 4 is 51.5 Å². The van der Waals surface area contributed by atoms with E-state index in [-0.39, 0.29) is 42.6 Å². The van der Waals surface area contributed by atoms with Crippen molar-refractivity contribution in [3.63, 3.8) is 0 Å². The molecule has 1 aromatic heterocycles. The normalized spacial score (nSPS) is 29.4. The maximum atomic E-state index is 15.0. The minimum Gasteiger partial charge on any atom is -0.504 e. The van der Waals surface area contributed by atoms with Crippen LogP contribution in [0.4, 0.5) is 5.69 Å². The van der Waals surface area contributed by atoms with E-state index >= 15 is 0 Å². The number of anilines is 1. The van der Waals surface area contributed by atoms with E-state index in [0.29, 0.717) is 43.3 Å². The number of rotatable bonds is 21. The van der Waals surface area contributed by atoms with Gasteiger partial charge in [-0.25, -0.2) is 0 Å². The SMILES string of the molecule is COC1(C2CCCCC2)CCN(c2ccc(-c3nc(C4CCC(CN[C@H]5C[C@@H](O)CNC(=O)[C@@H]6[C@@H](O)[C@@H](C)CN6C(=O)[C@H]([C@H](O)CCNC(CO)CO)NC(=O)[C@H]([C@H](O)Cc6ccc(O)c(OS(=O)(=O)O)c6)NC(=O)[C@@H]6C[C@@H](O)CN6C(=O)[C@H]([C@@H](C)O)NC5=O)CC4)no3)cc2)CC1. The quantitative estimate of drug-likeness (QED) is 0.0495. The molecule has 3 aromatic rings. The summed E-state index contributed by atoms with van der Waals surface area (Å²) in [7, 11) is -3.36. The number of phenolic OH excluding ortho intramolecular Hbond substituents is 1. The number of ether oxygens (including phenoxy) is 1. The molecule has 0 radical (unpaired) electrons. The average molecular weight is 1400 g/mol. The van der Waals surface area contributed by atoms with E-state index in [1.807, 2.05) is 19.2 Å². The highest BCUT2D eigenvalue weighted by Crippen LogP contribution is 2.43. The molecule has 32 nitrogen and oxygen atoms in total. The van der Waals surface area contributed by atoms with Crippen LogP contribution in [0.2, 0.25) is 0 Å². The number of fused-ring (bicyclic) bond motifs is 2. The number of aromatic nitrogens is 2. The zero-order valence-electron chi connectivity index (χ0n) is 55.4. The zero-order valence-corrected chi connectivity index (χ0v) is 56.3. The first-order chi connectivity index (χ1) is 46.7. The number of carbonyl (C=O) groups excluding carboxylic acids is 6. The standard InChI is InChI=1S/C65H97N11O21S/c1-35-31-76-55(56(35)85)61(89)68-30-44(80)27-46(67-29-37-9-12-39(13-10-37)57-72-62(96-73-57)40-14-16-43(17-15-40)74-23-20-65(95-3,21-24-74)41-7-5-4-6-8-41)58(86)69-52(36(2)79)63(90)75-32-45(81)28-47(75)59(87)70-53(50(84)25-38-11-18-48(82)51(26-38)97-98(92,93)94)60(88)71-54(64(76)91)49(83)19-22-66-42(33-77)34-78/h11,14-18,26,35-37,39,41-42,44-47,49-50,52-56,66-67,77-85H,4-10,12-13,19-25,27-34H2,1-3H3,(H,68,89)(H,69,86)(H,70,87)(H,71,88)(H,92,93,94)/t35-,36+,37?,39?,44+,45+,46-,47-,49+,50+,52-,53-,54-,55-,56-/m0/s1. The molecule has 33 heteroatoms. The van der Waals surface area contributed by atoms with Gasteiger partial charge in [0.25, 0.3) is 5.89 Å². The summed E-state index contributed by atoms with van der Waals surface area (Å²) in [6.07, 6.45) is -1.49. The smallest absolute Gasteiger partial charge is 0.446 e. The Bertz CT molecular complexity index is 3310. The largest absolute Gasteiger partial charge is 0.504 e. The van der Waals surface area contributed by atoms with E-state index in [0.717, 1.165) is 65.2 Å². The lowest BCUT2D eigenvalue weighted by Crippen LogP contribution is -2.64. The molecule has 9 rings (SSSR count). The van der Waals surface area contributed by atoms with E-state index in [1.54, 1.807) is 0 Å². The van der Waals surface area contributed by atoms with Crippen molar-refractivity contribution in [2.24, 2.45) is 17.8 Å². The molecule has 98 heavy (non-hydrogen) atoms. The van der Waals surface area contributed by atoms with E-state index in [1.165, 1.54) is 46.0 Å². The minimum atomic E-state index is -5.23. The maximum absolute atomic E-state index is 15.0. The van der Waals surface area contributed by atoms with Crippen LogP contribution in [0, 0.1) is 17.8 Å². The highest BCUT2D eigenvalue weighted by atomic mass is 32.3. The van der Waals surface area contributed by atoms with Gasteiger partial charge >= 0.3 is 10.4 Å². The van der Waals surface area contributed by atoms with Crippen molar-refractivity contribution in [1.82, 2.24) is 51.8 Å². The Labute approximate surface area is 568 Å². The van der Waals surface area contributed by atoms with Crippen molar-refractivity contribution in [3.8, 4) is 23.0 Å². The number of carbonyl (C=O) groups is 6. The summed E-state index contributed by atoms with van der Waals surface area (Å²) in [6.45, 7) is 1.93. The summed E-state index contributed by atoms with van der Waals surface area (Å²) in [5, 5.41) is 119. The molecule has 2 aromatic carbocycles. The van der Waals surface area contributed by atoms with Gasteiger partial charge in [0.15, 0.2) is 17.3 Å². The second-order valence-corrected chi connectivity index (χ2v) is 28.4. The molecule has 0 bridgehead atoms. The first-order valence-electron chi connectivity index (χ1n) is 34.0. The van der Waals surface area contributed by atoms with E-state index in [4.69, 9.17) is 14.2 Å². The Balaban J connectivity index is 0.929. The van der Waals surface area contributed by atoms with Gasteiger partial charge in [-0.05, 0) is 138 Å².